The van der Waals surface area contributed by atoms with Crippen LogP contribution in [0, 0.1) is 0 Å². The molecule has 0 radical (unpaired) electrons. The van der Waals surface area contributed by atoms with Crippen molar-refractivity contribution in [1.82, 2.24) is 0 Å². The molecule has 0 saturated heterocycles. The van der Waals surface area contributed by atoms with Gasteiger partial charge in [-0.25, -0.2) is 0 Å². The van der Waals surface area contributed by atoms with Crippen LogP contribution in [0.25, 0.3) is 0 Å². The largest absolute Gasteiger partial charge is 0.115 e. The number of hydrogen-bond donors (Lipinski definition) is 0. The first-order chi connectivity index (χ1) is 9.44. The van der Waals surface area contributed by atoms with E-state index < -0.39 is 0 Å². The highest BCUT2D eigenvalue weighted by Gasteiger charge is 2.36. The van der Waals surface area contributed by atoms with E-state index in [0.29, 0.717) is 16.2 Å². The van der Waals surface area contributed by atoms with E-state index in [2.05, 4.69) is 69.0 Å². The zero-order valence-corrected chi connectivity index (χ0v) is 17.8. The molecule has 122 valence electrons. The molecule has 1 rings (SSSR count). The SMILES string of the molecule is CCC(C)(C)c1pc(C(C)(C)CC)p(C)c1C(C)(C)CC. The van der Waals surface area contributed by atoms with Gasteiger partial charge in [-0.15, -0.1) is 7.53 Å². The van der Waals surface area contributed by atoms with Crippen LogP contribution in [0.1, 0.15) is 97.2 Å². The van der Waals surface area contributed by atoms with E-state index in [-0.39, 0.29) is 7.53 Å². The molecule has 2 heteroatoms. The molecule has 0 nitrogen and oxygen atoms in total. The van der Waals surface area contributed by atoms with Crippen molar-refractivity contribution in [3.8, 4) is 0 Å². The third kappa shape index (κ3) is 3.59. The molecule has 0 aliphatic heterocycles. The number of rotatable bonds is 6. The summed E-state index contributed by atoms with van der Waals surface area (Å²) in [6.45, 7) is 24.3. The molecule has 0 fully saturated rings. The Kier molecular flexibility index (Phi) is 5.84. The van der Waals surface area contributed by atoms with Crippen molar-refractivity contribution in [2.45, 2.75) is 97.8 Å². The highest BCUT2D eigenvalue weighted by molar-refractivity contribution is 7.60. The van der Waals surface area contributed by atoms with Crippen molar-refractivity contribution >= 4 is 15.7 Å². The highest BCUT2D eigenvalue weighted by Crippen LogP contribution is 2.60. The molecule has 1 aromatic rings. The van der Waals surface area contributed by atoms with Gasteiger partial charge in [-0.3, -0.25) is 0 Å². The molecule has 0 aliphatic rings. The van der Waals surface area contributed by atoms with Crippen LogP contribution in [0.5, 0.6) is 0 Å². The maximum absolute atomic E-state index is 2.53. The zero-order chi connectivity index (χ0) is 16.6. The van der Waals surface area contributed by atoms with Crippen molar-refractivity contribution in [3.63, 3.8) is 0 Å². The van der Waals surface area contributed by atoms with Crippen LogP contribution in [-0.4, -0.2) is 0 Å². The van der Waals surface area contributed by atoms with Crippen molar-refractivity contribution in [1.29, 1.82) is 0 Å². The summed E-state index contributed by atoms with van der Waals surface area (Å²) < 4.78 is 0. The van der Waals surface area contributed by atoms with Crippen LogP contribution in [0.2, 0.25) is 0 Å². The molecule has 1 unspecified atom stereocenters. The fourth-order valence-corrected chi connectivity index (χ4v) is 9.15. The van der Waals surface area contributed by atoms with Gasteiger partial charge in [0.25, 0.3) is 0 Å². The van der Waals surface area contributed by atoms with Gasteiger partial charge in [-0.05, 0) is 52.8 Å². The monoisotopic (exact) mass is 326 g/mol. The van der Waals surface area contributed by atoms with Crippen LogP contribution in [0.4, 0.5) is 0 Å². The quantitative estimate of drug-likeness (QED) is 0.499. The Morgan fingerprint density at radius 1 is 0.762 bits per heavy atom. The summed E-state index contributed by atoms with van der Waals surface area (Å²) in [5.41, 5.74) is 1.06. The smallest absolute Gasteiger partial charge is 0.00475 e. The normalized spacial score (nSPS) is 15.0. The molecule has 0 bridgehead atoms. The van der Waals surface area contributed by atoms with Crippen molar-refractivity contribution in [3.05, 3.63) is 15.6 Å². The molecular weight excluding hydrogens is 290 g/mol. The lowest BCUT2D eigenvalue weighted by Gasteiger charge is -2.32. The van der Waals surface area contributed by atoms with Gasteiger partial charge in [0.1, 0.15) is 0 Å². The summed E-state index contributed by atoms with van der Waals surface area (Å²) >= 11 is 0. The summed E-state index contributed by atoms with van der Waals surface area (Å²) in [7, 11) is 1.46. The van der Waals surface area contributed by atoms with Crippen LogP contribution in [0.15, 0.2) is 0 Å². The minimum Gasteiger partial charge on any atom is -0.115 e. The van der Waals surface area contributed by atoms with Gasteiger partial charge in [0.15, 0.2) is 0 Å². The summed E-state index contributed by atoms with van der Waals surface area (Å²) in [4.78, 5) is 0. The summed E-state index contributed by atoms with van der Waals surface area (Å²) in [6, 6.07) is 0. The van der Waals surface area contributed by atoms with Gasteiger partial charge in [0, 0.05) is 5.03 Å². The lowest BCUT2D eigenvalue weighted by atomic mass is 9.80. The second-order valence-electron chi connectivity index (χ2n) is 8.40. The molecule has 1 atom stereocenters. The maximum atomic E-state index is 2.53. The van der Waals surface area contributed by atoms with E-state index in [1.54, 1.807) is 13.5 Å². The van der Waals surface area contributed by atoms with E-state index >= 15 is 0 Å². The Labute approximate surface area is 136 Å². The van der Waals surface area contributed by atoms with Gasteiger partial charge < -0.3 is 0 Å². The first kappa shape index (κ1) is 19.3. The molecule has 0 N–H and O–H groups in total. The Morgan fingerprint density at radius 3 is 1.57 bits per heavy atom. The summed E-state index contributed by atoms with van der Waals surface area (Å²) in [5, 5.41) is 5.38. The Balaban J connectivity index is 3.68. The van der Waals surface area contributed by atoms with Gasteiger partial charge in [-0.2, -0.15) is 0 Å². The van der Waals surface area contributed by atoms with Gasteiger partial charge in [0.2, 0.25) is 0 Å². The molecule has 1 heterocycles. The third-order valence-electron chi connectivity index (χ3n) is 5.63. The molecule has 0 aromatic carbocycles. The second-order valence-corrected chi connectivity index (χ2v) is 11.9. The molecule has 0 amide bonds. The standard InChI is InChI=1S/C19H36P2/c1-11-17(4,5)14-15(18(6,7)12-2)21(10)16(20-14)19(8,9)13-3/h11-13H2,1-10H3. The average molecular weight is 326 g/mol. The third-order valence-corrected chi connectivity index (χ3v) is 11.6. The first-order valence-electron chi connectivity index (χ1n) is 8.52. The molecule has 21 heavy (non-hydrogen) atoms. The van der Waals surface area contributed by atoms with Crippen LogP contribution < -0.4 is 0 Å². The van der Waals surface area contributed by atoms with Crippen LogP contribution in [0.3, 0.4) is 0 Å². The molecular formula is C19H36P2. The van der Waals surface area contributed by atoms with Crippen molar-refractivity contribution < 1.29 is 0 Å². The zero-order valence-electron chi connectivity index (χ0n) is 16.0. The van der Waals surface area contributed by atoms with E-state index in [1.807, 2.05) is 10.3 Å². The average Bonchev–Trinajstić information content (AvgIpc) is 2.78. The van der Waals surface area contributed by atoms with E-state index in [1.165, 1.54) is 19.3 Å². The fourth-order valence-electron chi connectivity index (χ4n) is 2.84. The van der Waals surface area contributed by atoms with Crippen molar-refractivity contribution in [2.24, 2.45) is 6.66 Å². The highest BCUT2D eigenvalue weighted by atomic mass is 31.1. The molecule has 0 saturated carbocycles. The van der Waals surface area contributed by atoms with Gasteiger partial charge in [0.05, 0.1) is 0 Å². The fraction of sp³-hybridized carbons (Fsp3) is 0.842. The second kappa shape index (κ2) is 6.37. The number of hydrogen-bond acceptors (Lipinski definition) is 0. The summed E-state index contributed by atoms with van der Waals surface area (Å²) in [6.07, 6.45) is 3.73. The Hall–Kier alpha value is 0.210. The van der Waals surface area contributed by atoms with Gasteiger partial charge >= 0.3 is 0 Å². The summed E-state index contributed by atoms with van der Waals surface area (Å²) in [5.74, 6) is 0. The molecule has 1 aromatic heterocycles. The van der Waals surface area contributed by atoms with Crippen LogP contribution >= 0.6 is 15.7 Å². The lowest BCUT2D eigenvalue weighted by molar-refractivity contribution is 0.471. The van der Waals surface area contributed by atoms with E-state index in [4.69, 9.17) is 0 Å². The van der Waals surface area contributed by atoms with Crippen LogP contribution in [-0.2, 0) is 22.9 Å². The minimum absolute atomic E-state index is 0.105. The lowest BCUT2D eigenvalue weighted by Crippen LogP contribution is -2.22. The molecule has 0 aliphatic carbocycles. The Bertz CT molecular complexity index is 490. The molecule has 0 spiro atoms. The predicted molar refractivity (Wildman–Crippen MR) is 103 cm³/mol. The van der Waals surface area contributed by atoms with E-state index in [0.717, 1.165) is 0 Å². The topological polar surface area (TPSA) is 0 Å². The maximum Gasteiger partial charge on any atom is 0.00475 e. The van der Waals surface area contributed by atoms with E-state index in [9.17, 15) is 0 Å². The minimum atomic E-state index is -0.105. The predicted octanol–water partition coefficient (Wildman–Crippen LogP) is 7.85. The Morgan fingerprint density at radius 2 is 1.19 bits per heavy atom. The van der Waals surface area contributed by atoms with Crippen molar-refractivity contribution in [2.75, 3.05) is 0 Å². The van der Waals surface area contributed by atoms with Gasteiger partial charge in [-0.1, -0.05) is 70.5 Å². The first-order valence-corrected chi connectivity index (χ1v) is 11.2.